The van der Waals surface area contributed by atoms with Gasteiger partial charge in [0.25, 0.3) is 0 Å². The molecule has 2 N–H and O–H groups in total. The van der Waals surface area contributed by atoms with Crippen LogP contribution in [0.2, 0.25) is 0 Å². The third-order valence-corrected chi connectivity index (χ3v) is 6.20. The van der Waals surface area contributed by atoms with Gasteiger partial charge in [-0.3, -0.25) is 4.79 Å². The molecule has 0 unspecified atom stereocenters. The number of aromatic nitrogens is 2. The highest BCUT2D eigenvalue weighted by Gasteiger charge is 2.25. The van der Waals surface area contributed by atoms with Crippen molar-refractivity contribution >= 4 is 16.7 Å². The third-order valence-electron chi connectivity index (χ3n) is 6.20. The lowest BCUT2D eigenvalue weighted by atomic mass is 9.90. The Kier molecular flexibility index (Phi) is 5.67. The van der Waals surface area contributed by atoms with Gasteiger partial charge in [0.1, 0.15) is 0 Å². The highest BCUT2D eigenvalue weighted by atomic mass is 16.1. The Labute approximate surface area is 172 Å². The van der Waals surface area contributed by atoms with Gasteiger partial charge in [-0.25, -0.2) is 0 Å². The van der Waals surface area contributed by atoms with Crippen molar-refractivity contribution in [3.05, 3.63) is 64.8 Å². The molecule has 4 rings (SSSR count). The first kappa shape index (κ1) is 19.6. The van der Waals surface area contributed by atoms with Crippen LogP contribution in [0.15, 0.2) is 42.5 Å². The van der Waals surface area contributed by atoms with Crippen molar-refractivity contribution in [2.45, 2.75) is 45.4 Å². The zero-order valence-corrected chi connectivity index (χ0v) is 17.4. The number of nitrogens with zero attached hydrogens (tertiary/aromatic N) is 3. The molecule has 1 saturated heterocycles. The minimum Gasteiger partial charge on any atom is -0.323 e. The summed E-state index contributed by atoms with van der Waals surface area (Å²) in [6.45, 7) is 7.61. The van der Waals surface area contributed by atoms with Crippen LogP contribution in [0.25, 0.3) is 10.9 Å². The number of carbonyl (C=O) groups is 1. The molecule has 0 aliphatic carbocycles. The Bertz CT molecular complexity index is 1010. The van der Waals surface area contributed by atoms with E-state index < -0.39 is 0 Å². The first-order valence-corrected chi connectivity index (χ1v) is 10.7. The molecule has 1 fully saturated rings. The number of hydrogen-bond donors (Lipinski definition) is 1. The number of likely N-dealkylation sites (tertiary alicyclic amines) is 1. The average Bonchev–Trinajstić information content (AvgIpc) is 3.10. The molecule has 1 aromatic heterocycles. The molecule has 2 heterocycles. The van der Waals surface area contributed by atoms with Crippen LogP contribution in [0.1, 0.15) is 66.2 Å². The predicted molar refractivity (Wildman–Crippen MR) is 118 cm³/mol. The predicted octanol–water partition coefficient (Wildman–Crippen LogP) is 4.13. The number of ketones is 1. The number of rotatable bonds is 6. The molecule has 0 atom stereocenters. The van der Waals surface area contributed by atoms with Crippen molar-refractivity contribution in [3.8, 4) is 0 Å². The number of nitrogens with two attached hydrogens (primary N) is 1. The average molecular weight is 391 g/mol. The van der Waals surface area contributed by atoms with Crippen molar-refractivity contribution in [1.29, 1.82) is 0 Å². The van der Waals surface area contributed by atoms with E-state index in [1.807, 2.05) is 36.4 Å². The standard InChI is InChI=1S/C24H30N4O/c1-3-7-17-8-5-6-9-20(17)24(29)19-10-11-22-21(16-19)23(26-28(22)25)18-12-14-27(4-2)15-13-18/h5-6,8-11,16,18H,3-4,7,12-15,25H2,1-2H3. The summed E-state index contributed by atoms with van der Waals surface area (Å²) in [6, 6.07) is 13.7. The summed E-state index contributed by atoms with van der Waals surface area (Å²) in [7, 11) is 0. The molecule has 1 aliphatic rings. The van der Waals surface area contributed by atoms with Crippen LogP contribution in [0, 0.1) is 0 Å². The molecular weight excluding hydrogens is 360 g/mol. The maximum absolute atomic E-state index is 13.3. The van der Waals surface area contributed by atoms with Gasteiger partial charge >= 0.3 is 0 Å². The summed E-state index contributed by atoms with van der Waals surface area (Å²) >= 11 is 0. The summed E-state index contributed by atoms with van der Waals surface area (Å²) < 4.78 is 0. The first-order valence-electron chi connectivity index (χ1n) is 10.7. The fraction of sp³-hybridized carbons (Fsp3) is 0.417. The van der Waals surface area contributed by atoms with E-state index in [1.54, 1.807) is 0 Å². The largest absolute Gasteiger partial charge is 0.323 e. The SMILES string of the molecule is CCCc1ccccc1C(=O)c1ccc2c(c1)c(C1CCN(CC)CC1)nn2N. The second kappa shape index (κ2) is 8.37. The van der Waals surface area contributed by atoms with Gasteiger partial charge in [-0.05, 0) is 62.7 Å². The topological polar surface area (TPSA) is 64.2 Å². The second-order valence-electron chi connectivity index (χ2n) is 8.01. The van der Waals surface area contributed by atoms with E-state index in [-0.39, 0.29) is 5.78 Å². The molecule has 0 radical (unpaired) electrons. The van der Waals surface area contributed by atoms with Crippen molar-refractivity contribution in [2.24, 2.45) is 0 Å². The van der Waals surface area contributed by atoms with Crippen LogP contribution in [0.5, 0.6) is 0 Å². The second-order valence-corrected chi connectivity index (χ2v) is 8.01. The molecule has 3 aromatic rings. The molecule has 5 heteroatoms. The molecule has 5 nitrogen and oxygen atoms in total. The molecule has 2 aromatic carbocycles. The quantitative estimate of drug-likeness (QED) is 0.508. The number of hydrogen-bond acceptors (Lipinski definition) is 4. The van der Waals surface area contributed by atoms with Crippen molar-refractivity contribution in [1.82, 2.24) is 14.8 Å². The summed E-state index contributed by atoms with van der Waals surface area (Å²) in [5, 5.41) is 5.66. The number of nitrogen functional groups attached to an aromatic ring is 1. The van der Waals surface area contributed by atoms with E-state index in [2.05, 4.69) is 29.9 Å². The van der Waals surface area contributed by atoms with Crippen LogP contribution in [0.4, 0.5) is 0 Å². The number of fused-ring (bicyclic) bond motifs is 1. The zero-order valence-electron chi connectivity index (χ0n) is 17.4. The summed E-state index contributed by atoms with van der Waals surface area (Å²) in [6.07, 6.45) is 4.09. The minimum absolute atomic E-state index is 0.0764. The van der Waals surface area contributed by atoms with Gasteiger partial charge < -0.3 is 10.7 Å². The van der Waals surface area contributed by atoms with Gasteiger partial charge in [0.2, 0.25) is 0 Å². The van der Waals surface area contributed by atoms with Crippen molar-refractivity contribution in [2.75, 3.05) is 25.5 Å². The highest BCUT2D eigenvalue weighted by Crippen LogP contribution is 2.33. The van der Waals surface area contributed by atoms with Crippen molar-refractivity contribution < 1.29 is 4.79 Å². The molecule has 0 saturated carbocycles. The Hall–Kier alpha value is -2.66. The van der Waals surface area contributed by atoms with Gasteiger partial charge in [-0.2, -0.15) is 9.89 Å². The molecule has 152 valence electrons. The summed E-state index contributed by atoms with van der Waals surface area (Å²) in [5.74, 6) is 6.62. The summed E-state index contributed by atoms with van der Waals surface area (Å²) in [5.41, 5.74) is 4.54. The molecule has 0 spiro atoms. The smallest absolute Gasteiger partial charge is 0.193 e. The van der Waals surface area contributed by atoms with E-state index in [4.69, 9.17) is 5.84 Å². The van der Waals surface area contributed by atoms with Crippen LogP contribution in [0.3, 0.4) is 0 Å². The Morgan fingerprint density at radius 1 is 1.14 bits per heavy atom. The van der Waals surface area contributed by atoms with Crippen LogP contribution in [-0.2, 0) is 6.42 Å². The monoisotopic (exact) mass is 390 g/mol. The third kappa shape index (κ3) is 3.79. The van der Waals surface area contributed by atoms with E-state index in [1.165, 1.54) is 4.79 Å². The first-order chi connectivity index (χ1) is 14.1. The van der Waals surface area contributed by atoms with Gasteiger partial charge in [0, 0.05) is 22.4 Å². The van der Waals surface area contributed by atoms with Crippen molar-refractivity contribution in [3.63, 3.8) is 0 Å². The van der Waals surface area contributed by atoms with E-state index >= 15 is 0 Å². The van der Waals surface area contributed by atoms with E-state index in [0.717, 1.165) is 73.0 Å². The highest BCUT2D eigenvalue weighted by molar-refractivity contribution is 6.11. The van der Waals surface area contributed by atoms with E-state index in [0.29, 0.717) is 11.5 Å². The fourth-order valence-electron chi connectivity index (χ4n) is 4.51. The Morgan fingerprint density at radius 2 is 1.90 bits per heavy atom. The van der Waals surface area contributed by atoms with Gasteiger partial charge in [-0.15, -0.1) is 0 Å². The molecular formula is C24H30N4O. The van der Waals surface area contributed by atoms with Gasteiger partial charge in [-0.1, -0.05) is 44.5 Å². The zero-order chi connectivity index (χ0) is 20.4. The minimum atomic E-state index is 0.0764. The molecule has 29 heavy (non-hydrogen) atoms. The maximum atomic E-state index is 13.3. The van der Waals surface area contributed by atoms with E-state index in [9.17, 15) is 4.79 Å². The van der Waals surface area contributed by atoms with Crippen LogP contribution >= 0.6 is 0 Å². The summed E-state index contributed by atoms with van der Waals surface area (Å²) in [4.78, 5) is 17.2. The molecule has 0 amide bonds. The lowest BCUT2D eigenvalue weighted by Gasteiger charge is -2.30. The lowest BCUT2D eigenvalue weighted by Crippen LogP contribution is -2.32. The molecule has 0 bridgehead atoms. The van der Waals surface area contributed by atoms with Crippen LogP contribution < -0.4 is 5.84 Å². The fourth-order valence-corrected chi connectivity index (χ4v) is 4.51. The number of carbonyl (C=O) groups excluding carboxylic acids is 1. The Morgan fingerprint density at radius 3 is 2.62 bits per heavy atom. The van der Waals surface area contributed by atoms with Gasteiger partial charge in [0.15, 0.2) is 5.78 Å². The number of benzene rings is 2. The molecule has 1 aliphatic heterocycles. The van der Waals surface area contributed by atoms with Gasteiger partial charge in [0.05, 0.1) is 11.2 Å². The van der Waals surface area contributed by atoms with Crippen LogP contribution in [-0.4, -0.2) is 40.2 Å². The lowest BCUT2D eigenvalue weighted by molar-refractivity contribution is 0.103. The maximum Gasteiger partial charge on any atom is 0.193 e. The normalized spacial score (nSPS) is 15.8. The Balaban J connectivity index is 1.70. The number of piperidine rings is 1. The number of aryl methyl sites for hydroxylation is 1.